The average molecular weight is 136 g/mol. The minimum absolute atomic E-state index is 0.245. The molecule has 0 aromatic rings. The lowest BCUT2D eigenvalue weighted by atomic mass is 10.1. The number of hydrogen-bond donors (Lipinski definition) is 1. The number of ether oxygens (including phenoxy) is 1. The summed E-state index contributed by atoms with van der Waals surface area (Å²) < 4.78 is 5.43. The highest BCUT2D eigenvalue weighted by Gasteiger charge is 2.24. The zero-order valence-electron chi connectivity index (χ0n) is 5.66. The van der Waals surface area contributed by atoms with Gasteiger partial charge in [-0.25, -0.2) is 4.99 Å². The van der Waals surface area contributed by atoms with Crippen LogP contribution in [0.3, 0.4) is 0 Å². The van der Waals surface area contributed by atoms with E-state index >= 15 is 0 Å². The summed E-state index contributed by atoms with van der Waals surface area (Å²) in [5.41, 5.74) is 0. The predicted molar refractivity (Wildman–Crippen MR) is 38.8 cm³/mol. The van der Waals surface area contributed by atoms with Gasteiger partial charge in [0.15, 0.2) is 12.3 Å². The van der Waals surface area contributed by atoms with Crippen molar-refractivity contribution in [3.63, 3.8) is 0 Å². The summed E-state index contributed by atoms with van der Waals surface area (Å²) in [5.74, 6) is 0. The van der Waals surface area contributed by atoms with E-state index in [0.717, 1.165) is 0 Å². The van der Waals surface area contributed by atoms with Crippen LogP contribution in [0.25, 0.3) is 0 Å². The molecular weight excluding hydrogens is 126 g/mol. The Hall–Kier alpha value is -0.890. The van der Waals surface area contributed by atoms with Crippen molar-refractivity contribution in [3.05, 3.63) is 24.3 Å². The molecular formula is C8H10NO+. The van der Waals surface area contributed by atoms with Crippen LogP contribution in [0.1, 0.15) is 0 Å². The molecule has 0 aromatic heterocycles. The van der Waals surface area contributed by atoms with Gasteiger partial charge in [0.1, 0.15) is 12.7 Å². The van der Waals surface area contributed by atoms with Gasteiger partial charge in [0.25, 0.3) is 0 Å². The van der Waals surface area contributed by atoms with Crippen LogP contribution in [0, 0.1) is 0 Å². The van der Waals surface area contributed by atoms with Crippen LogP contribution in [-0.2, 0) is 4.74 Å². The van der Waals surface area contributed by atoms with Gasteiger partial charge >= 0.3 is 0 Å². The standard InChI is InChI=1S/C8H9NO/c1-2-4-8-7(3-1)9-5-6-10-8/h1-5,7-8H,6H2/p+1. The van der Waals surface area contributed by atoms with Gasteiger partial charge in [0, 0.05) is 0 Å². The maximum atomic E-state index is 5.43. The Labute approximate surface area is 59.9 Å². The molecule has 0 amide bonds. The zero-order valence-corrected chi connectivity index (χ0v) is 5.66. The molecule has 2 nitrogen and oxygen atoms in total. The molecule has 0 fully saturated rings. The summed E-state index contributed by atoms with van der Waals surface area (Å²) in [5, 5.41) is 0. The van der Waals surface area contributed by atoms with Crippen molar-refractivity contribution in [3.8, 4) is 0 Å². The first-order chi connectivity index (χ1) is 4.97. The Kier molecular flexibility index (Phi) is 1.40. The van der Waals surface area contributed by atoms with Crippen molar-refractivity contribution in [2.75, 3.05) is 6.61 Å². The first-order valence-corrected chi connectivity index (χ1v) is 3.51. The van der Waals surface area contributed by atoms with Gasteiger partial charge in [-0.2, -0.15) is 0 Å². The monoisotopic (exact) mass is 136 g/mol. The molecule has 1 aliphatic heterocycles. The minimum atomic E-state index is 0.245. The van der Waals surface area contributed by atoms with Crippen LogP contribution in [-0.4, -0.2) is 25.0 Å². The molecule has 2 atom stereocenters. The van der Waals surface area contributed by atoms with Gasteiger partial charge in [-0.15, -0.1) is 0 Å². The normalized spacial score (nSPS) is 36.0. The molecule has 2 rings (SSSR count). The fraction of sp³-hybridized carbons (Fsp3) is 0.375. The summed E-state index contributed by atoms with van der Waals surface area (Å²) >= 11 is 0. The van der Waals surface area contributed by atoms with Crippen molar-refractivity contribution in [1.29, 1.82) is 0 Å². The Bertz CT molecular complexity index is 205. The Morgan fingerprint density at radius 2 is 2.20 bits per heavy atom. The SMILES string of the molecule is C1=CC2[NH+]=CCOC2C=C1. The second kappa shape index (κ2) is 2.39. The first-order valence-electron chi connectivity index (χ1n) is 3.51. The largest absolute Gasteiger partial charge is 0.357 e. The lowest BCUT2D eigenvalue weighted by Gasteiger charge is -2.18. The van der Waals surface area contributed by atoms with Gasteiger partial charge < -0.3 is 4.74 Å². The topological polar surface area (TPSA) is 23.2 Å². The third kappa shape index (κ3) is 0.907. The second-order valence-corrected chi connectivity index (χ2v) is 2.46. The van der Waals surface area contributed by atoms with Gasteiger partial charge in [0.2, 0.25) is 0 Å². The fourth-order valence-corrected chi connectivity index (χ4v) is 1.24. The van der Waals surface area contributed by atoms with Gasteiger partial charge in [-0.05, 0) is 12.2 Å². The third-order valence-electron chi connectivity index (χ3n) is 1.77. The third-order valence-corrected chi connectivity index (χ3v) is 1.77. The summed E-state index contributed by atoms with van der Waals surface area (Å²) in [4.78, 5) is 3.23. The number of allylic oxidation sites excluding steroid dienone is 2. The van der Waals surface area contributed by atoms with E-state index in [2.05, 4.69) is 17.1 Å². The fourth-order valence-electron chi connectivity index (χ4n) is 1.24. The molecule has 0 saturated carbocycles. The number of rotatable bonds is 0. The van der Waals surface area contributed by atoms with Crippen LogP contribution >= 0.6 is 0 Å². The Morgan fingerprint density at radius 3 is 3.10 bits per heavy atom. The van der Waals surface area contributed by atoms with E-state index in [-0.39, 0.29) is 6.10 Å². The summed E-state index contributed by atoms with van der Waals surface area (Å²) in [6.45, 7) is 0.708. The molecule has 1 N–H and O–H groups in total. The van der Waals surface area contributed by atoms with E-state index in [1.165, 1.54) is 0 Å². The lowest BCUT2D eigenvalue weighted by molar-refractivity contribution is -0.506. The van der Waals surface area contributed by atoms with Crippen molar-refractivity contribution in [2.24, 2.45) is 0 Å². The van der Waals surface area contributed by atoms with E-state index in [1.807, 2.05) is 18.4 Å². The molecule has 0 aromatic carbocycles. The smallest absolute Gasteiger partial charge is 0.198 e. The number of fused-ring (bicyclic) bond motifs is 1. The molecule has 2 unspecified atom stereocenters. The molecule has 0 radical (unpaired) electrons. The minimum Gasteiger partial charge on any atom is -0.357 e. The van der Waals surface area contributed by atoms with Crippen molar-refractivity contribution >= 4 is 6.21 Å². The second-order valence-electron chi connectivity index (χ2n) is 2.46. The number of nitrogens with one attached hydrogen (secondary N) is 1. The highest BCUT2D eigenvalue weighted by atomic mass is 16.5. The Balaban J connectivity index is 2.21. The van der Waals surface area contributed by atoms with E-state index in [4.69, 9.17) is 4.74 Å². The quantitative estimate of drug-likeness (QED) is 0.455. The van der Waals surface area contributed by atoms with E-state index in [0.29, 0.717) is 12.6 Å². The van der Waals surface area contributed by atoms with E-state index in [9.17, 15) is 0 Å². The highest BCUT2D eigenvalue weighted by molar-refractivity contribution is 5.52. The highest BCUT2D eigenvalue weighted by Crippen LogP contribution is 2.05. The summed E-state index contributed by atoms with van der Waals surface area (Å²) in [7, 11) is 0. The van der Waals surface area contributed by atoms with E-state index < -0.39 is 0 Å². The maximum absolute atomic E-state index is 5.43. The molecule has 2 heteroatoms. The van der Waals surface area contributed by atoms with Crippen LogP contribution in [0.2, 0.25) is 0 Å². The van der Waals surface area contributed by atoms with Gasteiger partial charge in [-0.3, -0.25) is 0 Å². The van der Waals surface area contributed by atoms with Crippen molar-refractivity contribution in [2.45, 2.75) is 12.1 Å². The molecule has 2 aliphatic rings. The predicted octanol–water partition coefficient (Wildman–Crippen LogP) is -0.969. The summed E-state index contributed by atoms with van der Waals surface area (Å²) in [6, 6.07) is 0.360. The first kappa shape index (κ1) is 5.86. The molecule has 0 spiro atoms. The number of hydrogen-bond acceptors (Lipinski definition) is 1. The maximum Gasteiger partial charge on any atom is 0.198 e. The Morgan fingerprint density at radius 1 is 1.30 bits per heavy atom. The average Bonchev–Trinajstić information content (AvgIpc) is 2.05. The molecule has 52 valence electrons. The van der Waals surface area contributed by atoms with Crippen LogP contribution in [0.5, 0.6) is 0 Å². The molecule has 1 heterocycles. The van der Waals surface area contributed by atoms with Gasteiger partial charge in [-0.1, -0.05) is 12.2 Å². The summed E-state index contributed by atoms with van der Waals surface area (Å²) in [6.07, 6.45) is 10.4. The molecule has 10 heavy (non-hydrogen) atoms. The lowest BCUT2D eigenvalue weighted by Crippen LogP contribution is -2.82. The molecule has 0 saturated heterocycles. The zero-order chi connectivity index (χ0) is 6.81. The van der Waals surface area contributed by atoms with Gasteiger partial charge in [0.05, 0.1) is 0 Å². The molecule has 1 aliphatic carbocycles. The molecule has 0 bridgehead atoms. The van der Waals surface area contributed by atoms with Crippen molar-refractivity contribution in [1.82, 2.24) is 0 Å². The van der Waals surface area contributed by atoms with Crippen LogP contribution in [0.4, 0.5) is 0 Å². The van der Waals surface area contributed by atoms with E-state index in [1.54, 1.807) is 0 Å². The van der Waals surface area contributed by atoms with Crippen molar-refractivity contribution < 1.29 is 9.73 Å². The van der Waals surface area contributed by atoms with Crippen LogP contribution < -0.4 is 4.99 Å². The van der Waals surface area contributed by atoms with Crippen LogP contribution in [0.15, 0.2) is 24.3 Å².